The second-order valence-corrected chi connectivity index (χ2v) is 10.8. The fourth-order valence-corrected chi connectivity index (χ4v) is 5.63. The highest BCUT2D eigenvalue weighted by atomic mass is 79.9. The van der Waals surface area contributed by atoms with Gasteiger partial charge in [-0.2, -0.15) is 13.2 Å². The van der Waals surface area contributed by atoms with Gasteiger partial charge in [-0.25, -0.2) is 0 Å². The van der Waals surface area contributed by atoms with Gasteiger partial charge in [-0.05, 0) is 48.6 Å². The van der Waals surface area contributed by atoms with Gasteiger partial charge >= 0.3 is 6.18 Å². The molecule has 8 heteroatoms. The van der Waals surface area contributed by atoms with Crippen LogP contribution in [-0.4, -0.2) is 33.5 Å². The first-order valence-corrected chi connectivity index (χ1v) is 11.6. The van der Waals surface area contributed by atoms with E-state index in [1.807, 2.05) is 13.0 Å². The zero-order valence-electron chi connectivity index (χ0n) is 17.0. The summed E-state index contributed by atoms with van der Waals surface area (Å²) in [6.07, 6.45) is -4.91. The first-order chi connectivity index (χ1) is 13.8. The van der Waals surface area contributed by atoms with E-state index in [-0.39, 0.29) is 4.90 Å². The monoisotopic (exact) mass is 504 g/mol. The van der Waals surface area contributed by atoms with Crippen LogP contribution in [0.1, 0.15) is 37.0 Å². The van der Waals surface area contributed by atoms with Crippen LogP contribution in [0.3, 0.4) is 0 Å². The van der Waals surface area contributed by atoms with Gasteiger partial charge in [0.25, 0.3) is 0 Å². The third-order valence-electron chi connectivity index (χ3n) is 5.39. The van der Waals surface area contributed by atoms with E-state index in [1.165, 1.54) is 12.1 Å². The number of fused-ring (bicyclic) bond motifs is 1. The van der Waals surface area contributed by atoms with Gasteiger partial charge in [-0.15, -0.1) is 0 Å². The maximum Gasteiger partial charge on any atom is 0.418 e. The predicted molar refractivity (Wildman–Crippen MR) is 114 cm³/mol. The summed E-state index contributed by atoms with van der Waals surface area (Å²) in [6.45, 7) is 5.58. The minimum absolute atomic E-state index is 0.257. The van der Waals surface area contributed by atoms with Crippen LogP contribution >= 0.6 is 15.9 Å². The molecular formula is C22H24BrF3O3S. The van der Waals surface area contributed by atoms with Crippen LogP contribution in [0, 0.1) is 6.92 Å². The van der Waals surface area contributed by atoms with Crippen LogP contribution in [0.4, 0.5) is 13.2 Å². The highest BCUT2D eigenvalue weighted by Crippen LogP contribution is 2.46. The number of aliphatic hydroxyl groups is 1. The van der Waals surface area contributed by atoms with Crippen LogP contribution in [-0.2, 0) is 22.6 Å². The first-order valence-electron chi connectivity index (χ1n) is 9.52. The van der Waals surface area contributed by atoms with E-state index in [4.69, 9.17) is 4.74 Å². The molecule has 0 saturated heterocycles. The van der Waals surface area contributed by atoms with E-state index in [0.717, 1.165) is 15.6 Å². The molecule has 1 heterocycles. The van der Waals surface area contributed by atoms with Crippen LogP contribution in [0.5, 0.6) is 5.75 Å². The number of ether oxygens (including phenoxy) is 1. The Labute approximate surface area is 185 Å². The van der Waals surface area contributed by atoms with Crippen molar-refractivity contribution in [1.29, 1.82) is 0 Å². The molecule has 0 fully saturated rings. The van der Waals surface area contributed by atoms with Gasteiger partial charge in [0, 0.05) is 21.4 Å². The fraction of sp³-hybridized carbons (Fsp3) is 0.455. The molecule has 0 spiro atoms. The third kappa shape index (κ3) is 4.75. The minimum Gasteiger partial charge on any atom is -0.493 e. The van der Waals surface area contributed by atoms with Crippen LogP contribution in [0.15, 0.2) is 45.8 Å². The predicted octanol–water partition coefficient (Wildman–Crippen LogP) is 5.46. The zero-order valence-corrected chi connectivity index (χ0v) is 19.4. The van der Waals surface area contributed by atoms with Crippen LogP contribution < -0.4 is 4.74 Å². The van der Waals surface area contributed by atoms with Crippen LogP contribution in [0.25, 0.3) is 0 Å². The molecule has 3 nitrogen and oxygen atoms in total. The van der Waals surface area contributed by atoms with E-state index in [9.17, 15) is 22.5 Å². The van der Waals surface area contributed by atoms with Gasteiger partial charge in [-0.3, -0.25) is 4.21 Å². The Morgan fingerprint density at radius 1 is 1.17 bits per heavy atom. The number of hydrogen-bond acceptors (Lipinski definition) is 3. The molecule has 2 aromatic carbocycles. The summed E-state index contributed by atoms with van der Waals surface area (Å²) in [4.78, 5) is 0.257. The van der Waals surface area contributed by atoms with Crippen molar-refractivity contribution in [2.45, 2.75) is 55.7 Å². The molecule has 0 amide bonds. The lowest BCUT2D eigenvalue weighted by Gasteiger charge is -2.38. The Bertz CT molecular complexity index is 957. The van der Waals surface area contributed by atoms with Gasteiger partial charge in [0.15, 0.2) is 5.60 Å². The Balaban J connectivity index is 1.94. The van der Waals surface area contributed by atoms with E-state index >= 15 is 0 Å². The van der Waals surface area contributed by atoms with Gasteiger partial charge in [0.1, 0.15) is 5.75 Å². The molecule has 1 unspecified atom stereocenters. The SMILES string of the molecule is Cc1ccc(S(=O)C[C@](O)(CC(C)(C)c2cc(Br)cc3c2OCC3)C(F)(F)F)cc1. The summed E-state index contributed by atoms with van der Waals surface area (Å²) in [5, 5.41) is 10.8. The number of aryl methyl sites for hydroxylation is 1. The summed E-state index contributed by atoms with van der Waals surface area (Å²) >= 11 is 3.42. The van der Waals surface area contributed by atoms with E-state index in [2.05, 4.69) is 15.9 Å². The van der Waals surface area contributed by atoms with Gasteiger partial charge in [0.05, 0.1) is 23.2 Å². The standard InChI is InChI=1S/C22H24BrF3O3S/c1-14-4-6-17(7-5-14)30(28)13-21(27,22(24,25)26)12-20(2,3)18-11-16(23)10-15-8-9-29-19(15)18/h4-7,10-11,27H,8-9,12-13H2,1-3H3/t21-,30?/m1/s1. The van der Waals surface area contributed by atoms with Crippen molar-refractivity contribution in [3.8, 4) is 5.75 Å². The molecule has 0 bridgehead atoms. The second kappa shape index (κ2) is 8.28. The van der Waals surface area contributed by atoms with Crippen molar-refractivity contribution in [2.24, 2.45) is 0 Å². The normalized spacial score (nSPS) is 17.2. The minimum atomic E-state index is -4.94. The molecule has 0 aromatic heterocycles. The second-order valence-electron chi connectivity index (χ2n) is 8.43. The van der Waals surface area contributed by atoms with Gasteiger partial charge in [-0.1, -0.05) is 47.5 Å². The third-order valence-corrected chi connectivity index (χ3v) is 7.39. The quantitative estimate of drug-likeness (QED) is 0.567. The highest BCUT2D eigenvalue weighted by Gasteiger charge is 2.57. The van der Waals surface area contributed by atoms with E-state index < -0.39 is 40.2 Å². The van der Waals surface area contributed by atoms with Crippen molar-refractivity contribution in [1.82, 2.24) is 0 Å². The summed E-state index contributed by atoms with van der Waals surface area (Å²) in [5.74, 6) is -0.354. The number of halogens is 4. The molecule has 0 aliphatic carbocycles. The highest BCUT2D eigenvalue weighted by molar-refractivity contribution is 9.10. The molecule has 0 radical (unpaired) electrons. The van der Waals surface area contributed by atoms with Gasteiger partial charge < -0.3 is 9.84 Å². The van der Waals surface area contributed by atoms with Gasteiger partial charge in [0.2, 0.25) is 0 Å². The lowest BCUT2D eigenvalue weighted by molar-refractivity contribution is -0.257. The number of alkyl halides is 3. The average molecular weight is 505 g/mol. The Kier molecular flexibility index (Phi) is 6.43. The van der Waals surface area contributed by atoms with E-state index in [1.54, 1.807) is 32.0 Å². The summed E-state index contributed by atoms with van der Waals surface area (Å²) in [7, 11) is -2.01. The Hall–Kier alpha value is -1.38. The molecule has 1 aliphatic heterocycles. The van der Waals surface area contributed by atoms with Crippen molar-refractivity contribution in [3.05, 3.63) is 57.6 Å². The first kappa shape index (κ1) is 23.3. The Morgan fingerprint density at radius 2 is 1.80 bits per heavy atom. The molecule has 2 atom stereocenters. The zero-order chi connectivity index (χ0) is 22.3. The smallest absolute Gasteiger partial charge is 0.418 e. The van der Waals surface area contributed by atoms with Crippen LogP contribution in [0.2, 0.25) is 0 Å². The lowest BCUT2D eigenvalue weighted by atomic mass is 9.74. The molecule has 1 N–H and O–H groups in total. The molecular weight excluding hydrogens is 481 g/mol. The molecule has 3 rings (SSSR count). The fourth-order valence-electron chi connectivity index (χ4n) is 3.82. The Morgan fingerprint density at radius 3 is 2.40 bits per heavy atom. The molecule has 2 aromatic rings. The summed E-state index contributed by atoms with van der Waals surface area (Å²) in [6, 6.07) is 10.1. The summed E-state index contributed by atoms with van der Waals surface area (Å²) in [5.41, 5.74) is -1.79. The van der Waals surface area contributed by atoms with Crippen molar-refractivity contribution >= 4 is 26.7 Å². The summed E-state index contributed by atoms with van der Waals surface area (Å²) < 4.78 is 61.2. The number of rotatable bonds is 6. The molecule has 164 valence electrons. The topological polar surface area (TPSA) is 46.5 Å². The maximum absolute atomic E-state index is 14.0. The molecule has 30 heavy (non-hydrogen) atoms. The van der Waals surface area contributed by atoms with Crippen molar-refractivity contribution < 1.29 is 27.2 Å². The lowest BCUT2D eigenvalue weighted by Crippen LogP contribution is -2.53. The van der Waals surface area contributed by atoms with Crippen molar-refractivity contribution in [3.63, 3.8) is 0 Å². The van der Waals surface area contributed by atoms with Crippen molar-refractivity contribution in [2.75, 3.05) is 12.4 Å². The molecule has 0 saturated carbocycles. The average Bonchev–Trinajstić information content (AvgIpc) is 3.08. The van der Waals surface area contributed by atoms with E-state index in [0.29, 0.717) is 24.3 Å². The largest absolute Gasteiger partial charge is 0.493 e. The number of benzene rings is 2. The molecule has 1 aliphatic rings. The maximum atomic E-state index is 14.0. The number of hydrogen-bond donors (Lipinski definition) is 1.